The molecular formula is C68H56N4. The van der Waals surface area contributed by atoms with Crippen LogP contribution in [0.25, 0.3) is 21.9 Å². The third kappa shape index (κ3) is 8.96. The van der Waals surface area contributed by atoms with Crippen molar-refractivity contribution >= 4 is 56.3 Å². The monoisotopic (exact) mass is 928 g/mol. The van der Waals surface area contributed by atoms with E-state index in [1.807, 2.05) is 0 Å². The first-order chi connectivity index (χ1) is 35.7. The Bertz CT molecular complexity index is 3390. The van der Waals surface area contributed by atoms with E-state index in [0.29, 0.717) is 0 Å². The van der Waals surface area contributed by atoms with Crippen molar-refractivity contribution in [1.82, 2.24) is 0 Å². The molecule has 4 aliphatic rings. The smallest absolute Gasteiger partial charge is 0.0625 e. The first kappa shape index (κ1) is 44.4. The molecule has 0 saturated heterocycles. The summed E-state index contributed by atoms with van der Waals surface area (Å²) in [7, 11) is 0. The number of benzene rings is 8. The summed E-state index contributed by atoms with van der Waals surface area (Å²) in [5.74, 6) is 0.256. The first-order valence-corrected chi connectivity index (χ1v) is 25.3. The van der Waals surface area contributed by atoms with Crippen molar-refractivity contribution in [3.63, 3.8) is 0 Å². The van der Waals surface area contributed by atoms with Crippen LogP contribution >= 0.6 is 0 Å². The summed E-state index contributed by atoms with van der Waals surface area (Å²) >= 11 is 0. The summed E-state index contributed by atoms with van der Waals surface area (Å²) in [6.45, 7) is 0. The summed E-state index contributed by atoms with van der Waals surface area (Å²) in [5.41, 5.74) is 15.4. The number of fused-ring (bicyclic) bond motifs is 2. The summed E-state index contributed by atoms with van der Waals surface area (Å²) in [6.07, 6.45) is 32.5. The molecule has 8 aromatic rings. The molecule has 12 rings (SSSR count). The van der Waals surface area contributed by atoms with Crippen molar-refractivity contribution in [1.29, 1.82) is 0 Å². The van der Waals surface area contributed by atoms with E-state index >= 15 is 0 Å². The van der Waals surface area contributed by atoms with Gasteiger partial charge >= 0.3 is 0 Å². The Morgan fingerprint density at radius 1 is 0.361 bits per heavy atom. The molecule has 0 heterocycles. The van der Waals surface area contributed by atoms with Crippen LogP contribution in [0.1, 0.15) is 19.3 Å². The van der Waals surface area contributed by atoms with Crippen molar-refractivity contribution in [2.24, 2.45) is 5.92 Å². The highest BCUT2D eigenvalue weighted by Crippen LogP contribution is 2.43. The zero-order chi connectivity index (χ0) is 48.1. The lowest BCUT2D eigenvalue weighted by atomic mass is 9.82. The van der Waals surface area contributed by atoms with Crippen molar-refractivity contribution in [3.05, 3.63) is 302 Å². The van der Waals surface area contributed by atoms with Crippen LogP contribution in [0, 0.1) is 5.92 Å². The highest BCUT2D eigenvalue weighted by Gasteiger charge is 2.32. The minimum atomic E-state index is 0.142. The number of nitrogens with zero attached hydrogens (tertiary/aromatic N) is 4. The summed E-state index contributed by atoms with van der Waals surface area (Å²) in [6, 6.07) is 75.0. The molecule has 0 radical (unpaired) electrons. The Balaban J connectivity index is 0.871. The number of hydrogen-bond acceptors (Lipinski definition) is 4. The molecule has 0 amide bonds. The Hall–Kier alpha value is -8.86. The molecule has 0 aliphatic heterocycles. The van der Waals surface area contributed by atoms with E-state index in [1.54, 1.807) is 0 Å². The van der Waals surface area contributed by atoms with Gasteiger partial charge in [0.1, 0.15) is 0 Å². The van der Waals surface area contributed by atoms with E-state index in [1.165, 1.54) is 50.2 Å². The third-order valence-electron chi connectivity index (χ3n) is 14.4. The van der Waals surface area contributed by atoms with Crippen LogP contribution in [0.15, 0.2) is 302 Å². The fourth-order valence-corrected chi connectivity index (χ4v) is 11.0. The first-order valence-electron chi connectivity index (χ1n) is 25.3. The summed E-state index contributed by atoms with van der Waals surface area (Å²) in [4.78, 5) is 9.84. The Kier molecular flexibility index (Phi) is 12.5. The van der Waals surface area contributed by atoms with E-state index in [-0.39, 0.29) is 18.0 Å². The fourth-order valence-electron chi connectivity index (χ4n) is 11.0. The van der Waals surface area contributed by atoms with Crippen LogP contribution in [-0.2, 0) is 0 Å². The van der Waals surface area contributed by atoms with Gasteiger partial charge in [-0.05, 0) is 144 Å². The zero-order valence-corrected chi connectivity index (χ0v) is 40.3. The maximum absolute atomic E-state index is 2.60. The highest BCUT2D eigenvalue weighted by molar-refractivity contribution is 5.99. The van der Waals surface area contributed by atoms with E-state index in [2.05, 4.69) is 305 Å². The van der Waals surface area contributed by atoms with E-state index in [9.17, 15) is 0 Å². The normalized spacial score (nSPS) is 17.7. The molecule has 4 aliphatic carbocycles. The van der Waals surface area contributed by atoms with Gasteiger partial charge in [-0.25, -0.2) is 0 Å². The molecule has 72 heavy (non-hydrogen) atoms. The molecule has 0 N–H and O–H groups in total. The second kappa shape index (κ2) is 20.2. The average molecular weight is 929 g/mol. The number of para-hydroxylation sites is 3. The molecule has 4 heteroatoms. The molecule has 348 valence electrons. The quantitative estimate of drug-likeness (QED) is 0.114. The molecule has 3 atom stereocenters. The average Bonchev–Trinajstić information content (AvgIpc) is 3.46. The van der Waals surface area contributed by atoms with E-state index < -0.39 is 0 Å². The molecule has 4 nitrogen and oxygen atoms in total. The van der Waals surface area contributed by atoms with Crippen LogP contribution in [0.2, 0.25) is 0 Å². The molecule has 0 aromatic heterocycles. The Morgan fingerprint density at radius 2 is 0.875 bits per heavy atom. The van der Waals surface area contributed by atoms with Gasteiger partial charge in [-0.3, -0.25) is 0 Å². The van der Waals surface area contributed by atoms with Crippen LogP contribution < -0.4 is 19.6 Å². The molecule has 3 unspecified atom stereocenters. The van der Waals surface area contributed by atoms with Crippen LogP contribution in [0.3, 0.4) is 0 Å². The second-order valence-electron chi connectivity index (χ2n) is 18.8. The van der Waals surface area contributed by atoms with Gasteiger partial charge in [0, 0.05) is 62.5 Å². The minimum absolute atomic E-state index is 0.142. The van der Waals surface area contributed by atoms with Crippen LogP contribution in [0.4, 0.5) is 45.5 Å². The Labute approximate surface area is 424 Å². The van der Waals surface area contributed by atoms with Gasteiger partial charge in [-0.2, -0.15) is 0 Å². The number of rotatable bonds is 13. The van der Waals surface area contributed by atoms with Gasteiger partial charge in [0.05, 0.1) is 17.8 Å². The number of anilines is 8. The molecule has 0 bridgehead atoms. The SMILES string of the molecule is C1=CCC(N(C2=CC=C(N(c3ccc(-c4ccc(N(c5ccc(N(c6ccccc6)c6ccccc6)cc5)c5cccc6ccccc56)cc4)cc3)C3C=CC=C4C=CC=CC43)CC2)c2ccccc2)C=C1. The molecule has 8 aromatic carbocycles. The lowest BCUT2D eigenvalue weighted by molar-refractivity contribution is 0.605. The molecule has 0 saturated carbocycles. The second-order valence-corrected chi connectivity index (χ2v) is 18.8. The summed E-state index contributed by atoms with van der Waals surface area (Å²) < 4.78 is 0. The van der Waals surface area contributed by atoms with Gasteiger partial charge < -0.3 is 19.6 Å². The number of allylic oxidation sites excluding steroid dienone is 11. The maximum atomic E-state index is 2.60. The molecule has 0 fully saturated rings. The van der Waals surface area contributed by atoms with Crippen molar-refractivity contribution in [2.75, 3.05) is 19.6 Å². The van der Waals surface area contributed by atoms with Crippen LogP contribution in [0.5, 0.6) is 0 Å². The van der Waals surface area contributed by atoms with Gasteiger partial charge in [-0.15, -0.1) is 0 Å². The maximum Gasteiger partial charge on any atom is 0.0625 e. The van der Waals surface area contributed by atoms with E-state index in [4.69, 9.17) is 0 Å². The lowest BCUT2D eigenvalue weighted by Gasteiger charge is -2.42. The molecule has 0 spiro atoms. The lowest BCUT2D eigenvalue weighted by Crippen LogP contribution is -2.41. The topological polar surface area (TPSA) is 13.0 Å². The van der Waals surface area contributed by atoms with Crippen molar-refractivity contribution in [2.45, 2.75) is 31.3 Å². The minimum Gasteiger partial charge on any atom is -0.338 e. The Morgan fingerprint density at radius 3 is 1.50 bits per heavy atom. The summed E-state index contributed by atoms with van der Waals surface area (Å²) in [5, 5.41) is 2.41. The van der Waals surface area contributed by atoms with E-state index in [0.717, 1.165) is 53.4 Å². The van der Waals surface area contributed by atoms with Crippen LogP contribution in [-0.4, -0.2) is 12.1 Å². The predicted octanol–water partition coefficient (Wildman–Crippen LogP) is 17.8. The fraction of sp³-hybridized carbons (Fsp3) is 0.0882. The highest BCUT2D eigenvalue weighted by atomic mass is 15.2. The number of hydrogen-bond donors (Lipinski definition) is 0. The zero-order valence-electron chi connectivity index (χ0n) is 40.3. The van der Waals surface area contributed by atoms with Gasteiger partial charge in [0.2, 0.25) is 0 Å². The van der Waals surface area contributed by atoms with Crippen molar-refractivity contribution < 1.29 is 0 Å². The largest absolute Gasteiger partial charge is 0.338 e. The van der Waals surface area contributed by atoms with Gasteiger partial charge in [-0.1, -0.05) is 182 Å². The standard InChI is InChI=1S/C68H56N4/c1-5-23-55(24-6-1)69(56-25-7-2-8-26-56)59-43-47-63(48-44-59)71(67-33-17-21-53-19-13-15-31-65(53)67)61-39-35-51(36-40-61)52-37-41-62(42-38-52)72(68-34-18-22-54-20-14-16-32-66(54)68)64-49-45-60(46-50-64)70(57-27-9-3-10-28-57)58-29-11-4-12-30-58/h1-29,31-45,47-49,58,66,68H,30,46,50H2. The third-order valence-corrected chi connectivity index (χ3v) is 14.4. The van der Waals surface area contributed by atoms with Gasteiger partial charge in [0.15, 0.2) is 0 Å². The van der Waals surface area contributed by atoms with Gasteiger partial charge in [0.25, 0.3) is 0 Å². The predicted molar refractivity (Wildman–Crippen MR) is 305 cm³/mol. The van der Waals surface area contributed by atoms with Crippen molar-refractivity contribution in [3.8, 4) is 11.1 Å². The molecular weight excluding hydrogens is 873 g/mol.